The molecule has 4 rings (SSSR count). The lowest BCUT2D eigenvalue weighted by Gasteiger charge is -2.45. The molecule has 1 saturated heterocycles. The van der Waals surface area contributed by atoms with Crippen LogP contribution in [0.25, 0.3) is 10.4 Å². The Kier molecular flexibility index (Phi) is 8.69. The highest BCUT2D eigenvalue weighted by Crippen LogP contribution is 2.46. The topological polar surface area (TPSA) is 142 Å². The number of nitrogens with zero attached hydrogens (tertiary/aromatic N) is 1. The Labute approximate surface area is 242 Å². The molecule has 12 heteroatoms. The molecule has 0 bridgehead atoms. The van der Waals surface area contributed by atoms with Gasteiger partial charge in [0.2, 0.25) is 10.0 Å². The molecule has 1 aromatic heterocycles. The first-order chi connectivity index (χ1) is 18.8. The quantitative estimate of drug-likeness (QED) is 0.163. The first kappa shape index (κ1) is 29.7. The molecule has 1 aliphatic heterocycles. The van der Waals surface area contributed by atoms with E-state index in [1.165, 1.54) is 0 Å². The van der Waals surface area contributed by atoms with E-state index in [1.807, 2.05) is 38.1 Å². The van der Waals surface area contributed by atoms with Gasteiger partial charge in [0.1, 0.15) is 17.4 Å². The van der Waals surface area contributed by atoms with Crippen molar-refractivity contribution >= 4 is 50.3 Å². The average molecular weight is 606 g/mol. The maximum absolute atomic E-state index is 13.3. The van der Waals surface area contributed by atoms with Gasteiger partial charge in [0.05, 0.1) is 10.6 Å². The molecule has 1 atom stereocenters. The van der Waals surface area contributed by atoms with E-state index in [4.69, 9.17) is 22.1 Å². The maximum atomic E-state index is 13.3. The molecule has 0 radical (unpaired) electrons. The van der Waals surface area contributed by atoms with Crippen molar-refractivity contribution in [2.75, 3.05) is 24.2 Å². The van der Waals surface area contributed by atoms with Crippen LogP contribution in [0.3, 0.4) is 0 Å². The van der Waals surface area contributed by atoms with Crippen molar-refractivity contribution in [3.63, 3.8) is 0 Å². The number of anilines is 2. The van der Waals surface area contributed by atoms with Gasteiger partial charge in [0.25, 0.3) is 0 Å². The Hall–Kier alpha value is -3.25. The highest BCUT2D eigenvalue weighted by atomic mass is 35.5. The molecule has 214 valence electrons. The minimum Gasteiger partial charge on any atom is -0.509 e. The van der Waals surface area contributed by atoms with Crippen LogP contribution in [0.5, 0.6) is 5.75 Å². The third-order valence-corrected chi connectivity index (χ3v) is 10.3. The summed E-state index contributed by atoms with van der Waals surface area (Å²) in [6, 6.07) is 14.3. The third kappa shape index (κ3) is 6.72. The summed E-state index contributed by atoms with van der Waals surface area (Å²) in [5.41, 5.74) is 7.88. The number of nitrogens with two attached hydrogens (primary N) is 1. The fraction of sp³-hybridized carbons (Fsp3) is 0.321. The lowest BCUT2D eigenvalue weighted by Crippen LogP contribution is -2.55. The lowest BCUT2D eigenvalue weighted by molar-refractivity contribution is 0.0697. The first-order valence-corrected chi connectivity index (χ1v) is 15.3. The van der Waals surface area contributed by atoms with Gasteiger partial charge in [-0.25, -0.2) is 13.2 Å². The monoisotopic (exact) mass is 605 g/mol. The number of sulfonamides is 1. The minimum atomic E-state index is -3.57. The fourth-order valence-electron chi connectivity index (χ4n) is 4.99. The number of nitrogens with one attached hydrogen (secondary N) is 1. The average Bonchev–Trinajstić information content (AvgIpc) is 3.18. The number of aliphatic hydroxyl groups is 1. The highest BCUT2D eigenvalue weighted by Gasteiger charge is 2.41. The summed E-state index contributed by atoms with van der Waals surface area (Å²) in [5.74, 6) is -1.57. The van der Waals surface area contributed by atoms with Gasteiger partial charge in [-0.1, -0.05) is 42.4 Å². The van der Waals surface area contributed by atoms with Crippen molar-refractivity contribution in [1.82, 2.24) is 4.31 Å². The number of carboxylic acid groups (broad SMARTS) is 1. The minimum absolute atomic E-state index is 0.00641. The lowest BCUT2D eigenvalue weighted by atomic mass is 9.89. The molecule has 0 saturated carbocycles. The van der Waals surface area contributed by atoms with Crippen LogP contribution in [0.2, 0.25) is 5.02 Å². The van der Waals surface area contributed by atoms with E-state index in [2.05, 4.69) is 11.9 Å². The van der Waals surface area contributed by atoms with Crippen molar-refractivity contribution in [2.45, 2.75) is 44.0 Å². The predicted octanol–water partition coefficient (Wildman–Crippen LogP) is 5.98. The van der Waals surface area contributed by atoms with Crippen LogP contribution in [0, 0.1) is 0 Å². The number of halogens is 1. The van der Waals surface area contributed by atoms with Gasteiger partial charge in [-0.2, -0.15) is 4.31 Å². The van der Waals surface area contributed by atoms with Crippen LogP contribution in [0.1, 0.15) is 41.9 Å². The molecular formula is C28H32ClN3O6S2. The third-order valence-electron chi connectivity index (χ3n) is 6.62. The molecule has 1 fully saturated rings. The van der Waals surface area contributed by atoms with Gasteiger partial charge >= 0.3 is 5.97 Å². The van der Waals surface area contributed by atoms with Crippen LogP contribution in [-0.2, 0) is 15.8 Å². The van der Waals surface area contributed by atoms with E-state index in [0.29, 0.717) is 41.1 Å². The highest BCUT2D eigenvalue weighted by molar-refractivity contribution is 7.88. The Bertz CT molecular complexity index is 1540. The number of carboxylic acids is 1. The molecule has 0 spiro atoms. The summed E-state index contributed by atoms with van der Waals surface area (Å²) in [6.45, 7) is 7.29. The molecule has 40 heavy (non-hydrogen) atoms. The Morgan fingerprint density at radius 3 is 2.62 bits per heavy atom. The van der Waals surface area contributed by atoms with Gasteiger partial charge < -0.3 is 26.0 Å². The zero-order chi connectivity index (χ0) is 29.2. The number of aliphatic hydroxyl groups excluding tert-OH is 1. The second-order valence-electron chi connectivity index (χ2n) is 10.4. The van der Waals surface area contributed by atoms with Gasteiger partial charge in [-0.05, 0) is 62.1 Å². The Balaban J connectivity index is 1.50. The number of aromatic carboxylic acids is 1. The number of nitrogen functional groups attached to an aromatic ring is 1. The molecule has 5 N–H and O–H groups in total. The number of carbonyl (C=O) groups is 1. The number of benzene rings is 2. The zero-order valence-electron chi connectivity index (χ0n) is 22.2. The second kappa shape index (κ2) is 11.7. The normalized spacial score (nSPS) is 17.3. The van der Waals surface area contributed by atoms with E-state index in [0.717, 1.165) is 17.0 Å². The van der Waals surface area contributed by atoms with Crippen molar-refractivity contribution in [1.29, 1.82) is 0 Å². The van der Waals surface area contributed by atoms with E-state index in [9.17, 15) is 23.4 Å². The number of thiophene rings is 1. The van der Waals surface area contributed by atoms with Crippen LogP contribution >= 0.6 is 22.9 Å². The summed E-state index contributed by atoms with van der Waals surface area (Å²) in [4.78, 5) is 12.2. The standard InChI is InChI=1S/C28H32ClN3O6S2/c1-17(33)15-38-24-23(29)25(39-26(24)27(34)35)19-7-5-9-21(13-19)31-22-10-11-32(28(2,3)14-22)40(36,37)16-18-6-4-8-20(30)12-18/h4-9,12-13,22,31,33H,1,10-11,14-16,30H2,2-3H3,(H,34,35)/t22-/m0/s1. The van der Waals surface area contributed by atoms with Crippen LogP contribution in [0.4, 0.5) is 11.4 Å². The van der Waals surface area contributed by atoms with Crippen molar-refractivity contribution in [2.24, 2.45) is 0 Å². The van der Waals surface area contributed by atoms with E-state index < -0.39 is 21.5 Å². The van der Waals surface area contributed by atoms with Gasteiger partial charge in [-0.3, -0.25) is 0 Å². The molecule has 0 aliphatic carbocycles. The van der Waals surface area contributed by atoms with Crippen LogP contribution in [-0.4, -0.2) is 53.6 Å². The van der Waals surface area contributed by atoms with Crippen molar-refractivity contribution < 1.29 is 28.2 Å². The van der Waals surface area contributed by atoms with Crippen molar-refractivity contribution in [3.05, 3.63) is 76.3 Å². The smallest absolute Gasteiger partial charge is 0.349 e. The van der Waals surface area contributed by atoms with E-state index in [-0.39, 0.29) is 39.8 Å². The Morgan fingerprint density at radius 1 is 1.25 bits per heavy atom. The second-order valence-corrected chi connectivity index (χ2v) is 13.7. The number of ether oxygens (including phenoxy) is 1. The van der Waals surface area contributed by atoms with Crippen LogP contribution in [0.15, 0.2) is 60.9 Å². The summed E-state index contributed by atoms with van der Waals surface area (Å²) >= 11 is 7.50. The molecule has 0 unspecified atom stereocenters. The molecule has 3 aromatic rings. The number of rotatable bonds is 10. The fourth-order valence-corrected chi connectivity index (χ4v) is 8.36. The van der Waals surface area contributed by atoms with Gasteiger partial charge in [0.15, 0.2) is 10.6 Å². The zero-order valence-corrected chi connectivity index (χ0v) is 24.6. The molecule has 0 amide bonds. The largest absolute Gasteiger partial charge is 0.509 e. The molecule has 2 heterocycles. The number of piperidine rings is 1. The maximum Gasteiger partial charge on any atom is 0.349 e. The molecule has 9 nitrogen and oxygen atoms in total. The Morgan fingerprint density at radius 2 is 1.98 bits per heavy atom. The summed E-state index contributed by atoms with van der Waals surface area (Å²) in [6.07, 6.45) is 1.19. The van der Waals surface area contributed by atoms with Gasteiger partial charge in [-0.15, -0.1) is 11.3 Å². The number of hydrogen-bond donors (Lipinski definition) is 4. The molecule has 2 aromatic carbocycles. The summed E-state index contributed by atoms with van der Waals surface area (Å²) in [5, 5.41) is 22.6. The molecular weight excluding hydrogens is 574 g/mol. The van der Waals surface area contributed by atoms with Crippen LogP contribution < -0.4 is 15.8 Å². The van der Waals surface area contributed by atoms with Gasteiger partial charge in [0, 0.05) is 29.5 Å². The summed E-state index contributed by atoms with van der Waals surface area (Å²) < 4.78 is 33.7. The van der Waals surface area contributed by atoms with E-state index >= 15 is 0 Å². The predicted molar refractivity (Wildman–Crippen MR) is 160 cm³/mol. The van der Waals surface area contributed by atoms with E-state index in [1.54, 1.807) is 28.6 Å². The first-order valence-electron chi connectivity index (χ1n) is 12.5. The SMILES string of the molecule is C=C(O)COc1c(C(=O)O)sc(-c2cccc(N[C@H]3CCN(S(=O)(=O)Cc4cccc(N)c4)C(C)(C)C3)c2)c1Cl. The van der Waals surface area contributed by atoms with Crippen molar-refractivity contribution in [3.8, 4) is 16.2 Å². The number of hydrogen-bond acceptors (Lipinski definition) is 8. The molecule has 1 aliphatic rings. The summed E-state index contributed by atoms with van der Waals surface area (Å²) in [7, 11) is -3.57.